The molecule has 0 bridgehead atoms. The highest BCUT2D eigenvalue weighted by atomic mass is 15.1. The van der Waals surface area contributed by atoms with E-state index in [1.54, 1.807) is 0 Å². The van der Waals surface area contributed by atoms with E-state index in [1.165, 1.54) is 115 Å². The Morgan fingerprint density at radius 1 is 0.297 bits per heavy atom. The smallest absolute Gasteiger partial charge is 0.0541 e. The molecule has 0 spiro atoms. The quantitative estimate of drug-likeness (QED) is 0.155. The second-order valence-corrected chi connectivity index (χ2v) is 20.5. The van der Waals surface area contributed by atoms with Crippen LogP contribution < -0.4 is 4.90 Å². The molecule has 0 saturated carbocycles. The van der Waals surface area contributed by atoms with Gasteiger partial charge in [0.2, 0.25) is 0 Å². The van der Waals surface area contributed by atoms with E-state index in [2.05, 4.69) is 289 Å². The Hall–Kier alpha value is -9.44. The van der Waals surface area contributed by atoms with Crippen molar-refractivity contribution < 1.29 is 0 Å². The molecule has 0 unspecified atom stereocenters. The minimum absolute atomic E-state index is 0.270. The summed E-state index contributed by atoms with van der Waals surface area (Å²) in [5.41, 5.74) is 20.4. The molecule has 15 rings (SSSR count). The lowest BCUT2D eigenvalue weighted by Gasteiger charge is -2.29. The summed E-state index contributed by atoms with van der Waals surface area (Å²) in [5.74, 6) is 0. The van der Waals surface area contributed by atoms with E-state index in [9.17, 15) is 0 Å². The van der Waals surface area contributed by atoms with Crippen LogP contribution in [-0.4, -0.2) is 9.13 Å². The molecule has 2 aromatic heterocycles. The summed E-state index contributed by atoms with van der Waals surface area (Å²) < 4.78 is 4.83. The van der Waals surface area contributed by atoms with Crippen LogP contribution in [0.3, 0.4) is 0 Å². The van der Waals surface area contributed by atoms with Crippen molar-refractivity contribution in [1.29, 1.82) is 0 Å². The molecule has 3 nitrogen and oxygen atoms in total. The highest BCUT2D eigenvalue weighted by molar-refractivity contribution is 6.13. The van der Waals surface area contributed by atoms with Crippen molar-refractivity contribution in [3.05, 3.63) is 272 Å². The number of fused-ring (bicyclic) bond motifs is 11. The molecule has 0 aliphatic heterocycles. The van der Waals surface area contributed by atoms with Crippen LogP contribution in [-0.2, 0) is 5.41 Å². The first-order valence-electron chi connectivity index (χ1n) is 25.8. The Morgan fingerprint density at radius 2 is 0.797 bits per heavy atom. The highest BCUT2D eigenvalue weighted by Crippen LogP contribution is 2.53. The van der Waals surface area contributed by atoms with Crippen molar-refractivity contribution in [3.63, 3.8) is 0 Å². The van der Waals surface area contributed by atoms with Gasteiger partial charge in [0.15, 0.2) is 0 Å². The van der Waals surface area contributed by atoms with Gasteiger partial charge in [0.25, 0.3) is 0 Å². The molecule has 0 fully saturated rings. The molecule has 2 heterocycles. The van der Waals surface area contributed by atoms with Crippen LogP contribution in [0, 0.1) is 0 Å². The van der Waals surface area contributed by atoms with Crippen LogP contribution in [0.5, 0.6) is 0 Å². The van der Waals surface area contributed by atoms with E-state index in [0.29, 0.717) is 0 Å². The minimum Gasteiger partial charge on any atom is -0.310 e. The number of rotatable bonds is 7. The second-order valence-electron chi connectivity index (χ2n) is 20.5. The fraction of sp³-hybridized carbons (Fsp3) is 0.0423. The maximum Gasteiger partial charge on any atom is 0.0541 e. The maximum atomic E-state index is 2.48. The molecule has 74 heavy (non-hydrogen) atoms. The van der Waals surface area contributed by atoms with Gasteiger partial charge >= 0.3 is 0 Å². The Labute approximate surface area is 430 Å². The molecule has 0 N–H and O–H groups in total. The molecule has 1 aliphatic carbocycles. The fourth-order valence-corrected chi connectivity index (χ4v) is 12.6. The summed E-state index contributed by atoms with van der Waals surface area (Å²) in [6.45, 7) is 4.80. The lowest BCUT2D eigenvalue weighted by Crippen LogP contribution is -2.17. The van der Waals surface area contributed by atoms with Crippen molar-refractivity contribution in [2.45, 2.75) is 19.3 Å². The normalized spacial score (nSPS) is 12.8. The van der Waals surface area contributed by atoms with Gasteiger partial charge in [-0.3, -0.25) is 0 Å². The number of aromatic nitrogens is 2. The Bertz CT molecular complexity index is 4510. The summed E-state index contributed by atoms with van der Waals surface area (Å²) in [4.78, 5) is 2.48. The van der Waals surface area contributed by atoms with Crippen LogP contribution in [0.15, 0.2) is 261 Å². The third kappa shape index (κ3) is 6.33. The van der Waals surface area contributed by atoms with Gasteiger partial charge in [0, 0.05) is 55.1 Å². The van der Waals surface area contributed by atoms with E-state index >= 15 is 0 Å². The summed E-state index contributed by atoms with van der Waals surface area (Å²) in [7, 11) is 0. The average molecular weight is 944 g/mol. The Morgan fingerprint density at radius 3 is 1.51 bits per heavy atom. The maximum absolute atomic E-state index is 2.48. The van der Waals surface area contributed by atoms with Gasteiger partial charge in [-0.1, -0.05) is 190 Å². The second kappa shape index (κ2) is 16.3. The van der Waals surface area contributed by atoms with Gasteiger partial charge in [-0.25, -0.2) is 0 Å². The number of benzene rings is 12. The SMILES string of the molecule is CC1(C)c2cc(N(c3ccc(-c4cccc5ccccc45)cc3)c3ccc(-c4ccc5c(c4)c4ccccc4n5-c4ccccc4)c4ccccc34)ccc2-c2ccc(-n3c4ccccc4c4ccccc43)cc21. The molecule has 0 saturated heterocycles. The molecule has 1 aliphatic rings. The lowest BCUT2D eigenvalue weighted by molar-refractivity contribution is 0.660. The first-order chi connectivity index (χ1) is 36.5. The van der Waals surface area contributed by atoms with E-state index in [1.807, 2.05) is 0 Å². The molecule has 12 aromatic carbocycles. The largest absolute Gasteiger partial charge is 0.310 e. The molecule has 0 amide bonds. The average Bonchev–Trinajstić information content (AvgIpc) is 4.07. The third-order valence-electron chi connectivity index (χ3n) is 16.1. The van der Waals surface area contributed by atoms with Gasteiger partial charge in [-0.2, -0.15) is 0 Å². The number of hydrogen-bond acceptors (Lipinski definition) is 1. The Balaban J connectivity index is 0.887. The van der Waals surface area contributed by atoms with Gasteiger partial charge in [-0.15, -0.1) is 0 Å². The van der Waals surface area contributed by atoms with Gasteiger partial charge in [0.1, 0.15) is 0 Å². The zero-order valence-electron chi connectivity index (χ0n) is 41.2. The van der Waals surface area contributed by atoms with E-state index in [4.69, 9.17) is 0 Å². The summed E-state index contributed by atoms with van der Waals surface area (Å²) in [5, 5.41) is 9.93. The zero-order chi connectivity index (χ0) is 49.1. The number of anilines is 3. The van der Waals surface area contributed by atoms with Crippen molar-refractivity contribution in [2.24, 2.45) is 0 Å². The Kier molecular flexibility index (Phi) is 9.31. The highest BCUT2D eigenvalue weighted by Gasteiger charge is 2.37. The molecular weight excluding hydrogens is 895 g/mol. The summed E-state index contributed by atoms with van der Waals surface area (Å²) in [6, 6.07) is 96.5. The van der Waals surface area contributed by atoms with Crippen LogP contribution in [0.4, 0.5) is 17.1 Å². The molecular formula is C71H49N3. The van der Waals surface area contributed by atoms with Crippen molar-refractivity contribution in [3.8, 4) is 44.8 Å². The summed E-state index contributed by atoms with van der Waals surface area (Å²) >= 11 is 0. The minimum atomic E-state index is -0.270. The van der Waals surface area contributed by atoms with E-state index < -0.39 is 0 Å². The van der Waals surface area contributed by atoms with Crippen molar-refractivity contribution in [1.82, 2.24) is 9.13 Å². The van der Waals surface area contributed by atoms with E-state index in [-0.39, 0.29) is 5.41 Å². The molecule has 14 aromatic rings. The zero-order valence-corrected chi connectivity index (χ0v) is 41.2. The van der Waals surface area contributed by atoms with E-state index in [0.717, 1.165) is 22.7 Å². The van der Waals surface area contributed by atoms with Crippen LogP contribution in [0.25, 0.3) is 110 Å². The molecule has 0 radical (unpaired) electrons. The van der Waals surface area contributed by atoms with Gasteiger partial charge in [-0.05, 0) is 146 Å². The number of para-hydroxylation sites is 4. The summed E-state index contributed by atoms with van der Waals surface area (Å²) in [6.07, 6.45) is 0. The van der Waals surface area contributed by atoms with Crippen LogP contribution in [0.1, 0.15) is 25.0 Å². The number of hydrogen-bond donors (Lipinski definition) is 0. The standard InChI is InChI=1S/C71H49N3/c1-71(2)64-44-51(36-38-57(64)58-39-37-52(45-65(58)71)74-66-28-13-10-24-60(66)61-25-11-14-29-67(61)74)72(50-34-31-47(32-35-50)54-27-16-18-46-17-6-7-21-53(46)54)69-42-40-55(56-22-8-9-23-59(56)69)48-33-41-70-63(43-48)62-26-12-15-30-68(62)73(70)49-19-4-3-5-20-49/h3-45H,1-2H3. The van der Waals surface area contributed by atoms with Crippen molar-refractivity contribution in [2.75, 3.05) is 4.90 Å². The van der Waals surface area contributed by atoms with Crippen LogP contribution >= 0.6 is 0 Å². The van der Waals surface area contributed by atoms with Gasteiger partial charge in [0.05, 0.1) is 27.8 Å². The topological polar surface area (TPSA) is 13.1 Å². The molecule has 0 atom stereocenters. The van der Waals surface area contributed by atoms with Crippen LogP contribution in [0.2, 0.25) is 0 Å². The van der Waals surface area contributed by atoms with Crippen molar-refractivity contribution >= 4 is 82.2 Å². The predicted molar refractivity (Wildman–Crippen MR) is 313 cm³/mol. The predicted octanol–water partition coefficient (Wildman–Crippen LogP) is 19.3. The third-order valence-corrected chi connectivity index (χ3v) is 16.1. The van der Waals surface area contributed by atoms with Gasteiger partial charge < -0.3 is 14.0 Å². The number of nitrogens with zero attached hydrogens (tertiary/aromatic N) is 3. The lowest BCUT2D eigenvalue weighted by atomic mass is 9.82. The first kappa shape index (κ1) is 42.3. The first-order valence-corrected chi connectivity index (χ1v) is 25.8. The molecule has 3 heteroatoms. The molecule has 348 valence electrons. The monoisotopic (exact) mass is 943 g/mol. The fourth-order valence-electron chi connectivity index (χ4n) is 12.6.